The number of aryl methyl sites for hydroxylation is 3. The number of rotatable bonds is 5. The molecule has 5 nitrogen and oxygen atoms in total. The fraction of sp³-hybridized carbons (Fsp3) is 0.240. The molecule has 0 aliphatic carbocycles. The van der Waals surface area contributed by atoms with Gasteiger partial charge in [0, 0.05) is 23.5 Å². The number of hydrogen-bond donors (Lipinski definition) is 1. The zero-order valence-corrected chi connectivity index (χ0v) is 18.6. The molecule has 0 saturated heterocycles. The van der Waals surface area contributed by atoms with Gasteiger partial charge in [-0.2, -0.15) is 0 Å². The minimum atomic E-state index is -3.56. The van der Waals surface area contributed by atoms with Crippen LogP contribution in [0.2, 0.25) is 0 Å². The van der Waals surface area contributed by atoms with Crippen molar-refractivity contribution < 1.29 is 13.2 Å². The number of nitrogens with one attached hydrogen (secondary N) is 1. The van der Waals surface area contributed by atoms with Crippen molar-refractivity contribution in [3.05, 3.63) is 94.5 Å². The second kappa shape index (κ2) is 8.55. The Morgan fingerprint density at radius 2 is 1.77 bits per heavy atom. The van der Waals surface area contributed by atoms with Crippen molar-refractivity contribution in [3.63, 3.8) is 0 Å². The molecule has 0 spiro atoms. The molecule has 160 valence electrons. The molecule has 6 heteroatoms. The lowest BCUT2D eigenvalue weighted by atomic mass is 10.00. The summed E-state index contributed by atoms with van der Waals surface area (Å²) in [5, 5.41) is 0. The smallest absolute Gasteiger partial charge is 0.258 e. The highest BCUT2D eigenvalue weighted by Gasteiger charge is 2.24. The summed E-state index contributed by atoms with van der Waals surface area (Å²) in [6.07, 6.45) is 1.64. The molecular formula is C25H26N2O3S. The summed E-state index contributed by atoms with van der Waals surface area (Å²) in [5.74, 6) is -0.110. The van der Waals surface area contributed by atoms with Crippen LogP contribution in [0.15, 0.2) is 66.7 Å². The lowest BCUT2D eigenvalue weighted by Crippen LogP contribution is -2.35. The SMILES string of the molecule is Cc1ccc(C)c(CS(=O)(=O)Nc2ccc3c(c2)CCCN3C(=O)c2ccccc2)c1. The first-order valence-electron chi connectivity index (χ1n) is 10.4. The number of carbonyl (C=O) groups is 1. The highest BCUT2D eigenvalue weighted by atomic mass is 32.2. The Hall–Kier alpha value is -3.12. The summed E-state index contributed by atoms with van der Waals surface area (Å²) >= 11 is 0. The zero-order valence-electron chi connectivity index (χ0n) is 17.8. The van der Waals surface area contributed by atoms with Crippen molar-refractivity contribution >= 4 is 27.3 Å². The normalized spacial score (nSPS) is 13.5. The quantitative estimate of drug-likeness (QED) is 0.625. The maximum absolute atomic E-state index is 13.0. The maximum Gasteiger partial charge on any atom is 0.258 e. The van der Waals surface area contributed by atoms with Crippen LogP contribution in [-0.4, -0.2) is 20.9 Å². The predicted molar refractivity (Wildman–Crippen MR) is 125 cm³/mol. The lowest BCUT2D eigenvalue weighted by molar-refractivity contribution is 0.0985. The van der Waals surface area contributed by atoms with Crippen molar-refractivity contribution in [1.82, 2.24) is 0 Å². The van der Waals surface area contributed by atoms with Crippen LogP contribution in [0.5, 0.6) is 0 Å². The molecule has 3 aromatic carbocycles. The molecule has 0 bridgehead atoms. The number of anilines is 2. The van der Waals surface area contributed by atoms with Gasteiger partial charge in [0.05, 0.1) is 5.75 Å². The molecule has 0 atom stereocenters. The molecule has 1 heterocycles. The van der Waals surface area contributed by atoms with E-state index in [2.05, 4.69) is 4.72 Å². The van der Waals surface area contributed by atoms with E-state index in [1.807, 2.05) is 74.5 Å². The second-order valence-corrected chi connectivity index (χ2v) is 9.78. The number of hydrogen-bond acceptors (Lipinski definition) is 3. The first-order chi connectivity index (χ1) is 14.8. The average molecular weight is 435 g/mol. The van der Waals surface area contributed by atoms with Gasteiger partial charge in [-0.15, -0.1) is 0 Å². The van der Waals surface area contributed by atoms with E-state index in [0.29, 0.717) is 17.8 Å². The summed E-state index contributed by atoms with van der Waals surface area (Å²) in [4.78, 5) is 14.7. The molecule has 1 N–H and O–H groups in total. The van der Waals surface area contributed by atoms with E-state index in [9.17, 15) is 13.2 Å². The molecule has 0 aromatic heterocycles. The predicted octanol–water partition coefficient (Wildman–Crippen LogP) is 4.84. The topological polar surface area (TPSA) is 66.5 Å². The molecule has 0 saturated carbocycles. The van der Waals surface area contributed by atoms with Crippen LogP contribution in [0.1, 0.15) is 39.0 Å². The molecule has 4 rings (SSSR count). The Bertz CT molecular complexity index is 1220. The van der Waals surface area contributed by atoms with E-state index < -0.39 is 10.0 Å². The Balaban J connectivity index is 1.55. The second-order valence-electron chi connectivity index (χ2n) is 8.06. The van der Waals surface area contributed by atoms with Gasteiger partial charge in [0.2, 0.25) is 10.0 Å². The van der Waals surface area contributed by atoms with Crippen LogP contribution < -0.4 is 9.62 Å². The summed E-state index contributed by atoms with van der Waals surface area (Å²) in [7, 11) is -3.56. The highest BCUT2D eigenvalue weighted by Crippen LogP contribution is 2.31. The van der Waals surface area contributed by atoms with Gasteiger partial charge < -0.3 is 4.90 Å². The Morgan fingerprint density at radius 3 is 2.55 bits per heavy atom. The fourth-order valence-corrected chi connectivity index (χ4v) is 5.26. The zero-order chi connectivity index (χ0) is 22.0. The van der Waals surface area contributed by atoms with Crippen molar-refractivity contribution in [2.45, 2.75) is 32.4 Å². The summed E-state index contributed by atoms with van der Waals surface area (Å²) < 4.78 is 28.3. The van der Waals surface area contributed by atoms with Crippen molar-refractivity contribution in [1.29, 1.82) is 0 Å². The van der Waals surface area contributed by atoms with Gasteiger partial charge in [0.25, 0.3) is 5.91 Å². The van der Waals surface area contributed by atoms with E-state index in [1.54, 1.807) is 11.0 Å². The van der Waals surface area contributed by atoms with Gasteiger partial charge in [-0.3, -0.25) is 9.52 Å². The molecule has 0 fully saturated rings. The van der Waals surface area contributed by atoms with Gasteiger partial charge in [-0.05, 0) is 73.7 Å². The van der Waals surface area contributed by atoms with E-state index >= 15 is 0 Å². The molecule has 31 heavy (non-hydrogen) atoms. The number of benzene rings is 3. The minimum Gasteiger partial charge on any atom is -0.308 e. The number of amides is 1. The third kappa shape index (κ3) is 4.80. The summed E-state index contributed by atoms with van der Waals surface area (Å²) in [5.41, 5.74) is 5.78. The van der Waals surface area contributed by atoms with Crippen LogP contribution in [-0.2, 0) is 22.2 Å². The summed E-state index contributed by atoms with van der Waals surface area (Å²) in [6, 6.07) is 20.5. The van der Waals surface area contributed by atoms with Crippen molar-refractivity contribution in [2.24, 2.45) is 0 Å². The monoisotopic (exact) mass is 434 g/mol. The number of fused-ring (bicyclic) bond motifs is 1. The Morgan fingerprint density at radius 1 is 1.00 bits per heavy atom. The molecule has 1 aliphatic rings. The number of nitrogens with zero attached hydrogens (tertiary/aromatic N) is 1. The van der Waals surface area contributed by atoms with Crippen LogP contribution in [0, 0.1) is 13.8 Å². The van der Waals surface area contributed by atoms with Crippen molar-refractivity contribution in [3.8, 4) is 0 Å². The Kier molecular flexibility index (Phi) is 5.83. The third-order valence-corrected chi connectivity index (χ3v) is 6.83. The van der Waals surface area contributed by atoms with E-state index in [-0.39, 0.29) is 11.7 Å². The molecule has 1 aliphatic heterocycles. The van der Waals surface area contributed by atoms with Gasteiger partial charge in [0.15, 0.2) is 0 Å². The van der Waals surface area contributed by atoms with Gasteiger partial charge in [0.1, 0.15) is 0 Å². The summed E-state index contributed by atoms with van der Waals surface area (Å²) in [6.45, 7) is 4.52. The van der Waals surface area contributed by atoms with Gasteiger partial charge in [-0.1, -0.05) is 42.0 Å². The largest absolute Gasteiger partial charge is 0.308 e. The standard InChI is InChI=1S/C25H26N2O3S/c1-18-10-11-19(2)22(15-18)17-31(29,30)26-23-12-13-24-21(16-23)9-6-14-27(24)25(28)20-7-4-3-5-8-20/h3-5,7-8,10-13,15-16,26H,6,9,14,17H2,1-2H3. The molecule has 1 amide bonds. The minimum absolute atomic E-state index is 0.0372. The molecule has 3 aromatic rings. The van der Waals surface area contributed by atoms with Crippen LogP contribution in [0.4, 0.5) is 11.4 Å². The van der Waals surface area contributed by atoms with Crippen LogP contribution in [0.25, 0.3) is 0 Å². The fourth-order valence-electron chi connectivity index (χ4n) is 3.98. The lowest BCUT2D eigenvalue weighted by Gasteiger charge is -2.30. The average Bonchev–Trinajstić information content (AvgIpc) is 2.75. The highest BCUT2D eigenvalue weighted by molar-refractivity contribution is 7.91. The van der Waals surface area contributed by atoms with Gasteiger partial charge >= 0.3 is 0 Å². The van der Waals surface area contributed by atoms with E-state index in [0.717, 1.165) is 40.8 Å². The molecule has 0 unspecified atom stereocenters. The maximum atomic E-state index is 13.0. The Labute approximate surface area is 183 Å². The van der Waals surface area contributed by atoms with E-state index in [1.165, 1.54) is 0 Å². The molecule has 0 radical (unpaired) electrons. The molecular weight excluding hydrogens is 408 g/mol. The van der Waals surface area contributed by atoms with E-state index in [4.69, 9.17) is 0 Å². The van der Waals surface area contributed by atoms with Gasteiger partial charge in [-0.25, -0.2) is 8.42 Å². The van der Waals surface area contributed by atoms with Crippen molar-refractivity contribution in [2.75, 3.05) is 16.2 Å². The third-order valence-electron chi connectivity index (χ3n) is 5.59. The van der Waals surface area contributed by atoms with Crippen LogP contribution >= 0.6 is 0 Å². The first kappa shape index (κ1) is 21.1. The van der Waals surface area contributed by atoms with Crippen LogP contribution in [0.3, 0.4) is 0 Å². The number of sulfonamides is 1. The first-order valence-corrected chi connectivity index (χ1v) is 12.0. The number of carbonyl (C=O) groups excluding carboxylic acids is 1.